The van der Waals surface area contributed by atoms with Crippen molar-refractivity contribution in [1.82, 2.24) is 14.8 Å². The Labute approximate surface area is 249 Å². The number of Topliss-reactive ketones (excluding diaryl/α,β-unsaturated/α-hetero) is 1. The maximum absolute atomic E-state index is 13.6. The van der Waals surface area contributed by atoms with E-state index in [1.54, 1.807) is 18.3 Å². The molecule has 1 aliphatic rings. The lowest BCUT2D eigenvalue weighted by molar-refractivity contribution is -0.143. The first-order valence-corrected chi connectivity index (χ1v) is 13.3. The van der Waals surface area contributed by atoms with Crippen LogP contribution in [-0.2, 0) is 18.8 Å². The highest BCUT2D eigenvalue weighted by Crippen LogP contribution is 2.37. The molecule has 0 bridgehead atoms. The molecule has 12 heteroatoms. The van der Waals surface area contributed by atoms with Crippen LogP contribution < -0.4 is 0 Å². The van der Waals surface area contributed by atoms with Crippen molar-refractivity contribution in [2.24, 2.45) is 0 Å². The normalized spacial score (nSPS) is 16.3. The predicted molar refractivity (Wildman–Crippen MR) is 152 cm³/mol. The fourth-order valence-electron chi connectivity index (χ4n) is 5.34. The minimum atomic E-state index is -5.07. The monoisotopic (exact) mass is 623 g/mol. The van der Waals surface area contributed by atoms with Gasteiger partial charge in [-0.2, -0.15) is 26.3 Å². The van der Waals surface area contributed by atoms with Crippen molar-refractivity contribution in [1.29, 1.82) is 0 Å². The van der Waals surface area contributed by atoms with E-state index < -0.39 is 41.0 Å². The number of alkyl halides is 6. The number of ketones is 1. The zero-order valence-corrected chi connectivity index (χ0v) is 23.7. The maximum Gasteiger partial charge on any atom is 0.416 e. The zero-order valence-electron chi connectivity index (χ0n) is 22.9. The molecule has 0 spiro atoms. The van der Waals surface area contributed by atoms with E-state index in [2.05, 4.69) is 4.98 Å². The summed E-state index contributed by atoms with van der Waals surface area (Å²) >= 11 is 0. The van der Waals surface area contributed by atoms with Crippen LogP contribution in [0.4, 0.5) is 26.3 Å². The SMILES string of the molecule is Cc1ccc(C(=O)CN2CCN(C(=O)c3cc(C(F)(F)F)cc(C(F)(F)F)c3)[C@H](Cc3c[nH]c4ccccc34)C2)cc1.Cl. The van der Waals surface area contributed by atoms with Crippen molar-refractivity contribution in [2.75, 3.05) is 26.2 Å². The number of hydrogen-bond acceptors (Lipinski definition) is 3. The lowest BCUT2D eigenvalue weighted by atomic mass is 9.98. The van der Waals surface area contributed by atoms with Crippen LogP contribution in [-0.4, -0.2) is 58.7 Å². The molecule has 0 saturated carbocycles. The lowest BCUT2D eigenvalue weighted by Gasteiger charge is -2.41. The number of halogens is 7. The van der Waals surface area contributed by atoms with Gasteiger partial charge < -0.3 is 9.88 Å². The number of para-hydroxylation sites is 1. The molecule has 43 heavy (non-hydrogen) atoms. The van der Waals surface area contributed by atoms with E-state index in [1.807, 2.05) is 48.2 Å². The largest absolute Gasteiger partial charge is 0.416 e. The van der Waals surface area contributed by atoms with E-state index in [0.29, 0.717) is 17.7 Å². The molecule has 1 atom stereocenters. The number of aryl methyl sites for hydroxylation is 1. The van der Waals surface area contributed by atoms with E-state index in [4.69, 9.17) is 0 Å². The number of nitrogens with zero attached hydrogens (tertiary/aromatic N) is 2. The first kappa shape index (κ1) is 32.1. The summed E-state index contributed by atoms with van der Waals surface area (Å²) in [6.45, 7) is 2.40. The number of piperazine rings is 1. The third-order valence-corrected chi connectivity index (χ3v) is 7.53. The summed E-state index contributed by atoms with van der Waals surface area (Å²) in [5.74, 6) is -1.06. The first-order valence-electron chi connectivity index (χ1n) is 13.3. The van der Waals surface area contributed by atoms with Crippen molar-refractivity contribution < 1.29 is 35.9 Å². The quantitative estimate of drug-likeness (QED) is 0.183. The minimum Gasteiger partial charge on any atom is -0.361 e. The highest BCUT2D eigenvalue weighted by molar-refractivity contribution is 5.98. The third kappa shape index (κ3) is 7.22. The summed E-state index contributed by atoms with van der Waals surface area (Å²) in [5.41, 5.74) is -0.574. The molecule has 0 unspecified atom stereocenters. The van der Waals surface area contributed by atoms with Crippen LogP contribution in [0.3, 0.4) is 0 Å². The van der Waals surface area contributed by atoms with Crippen LogP contribution in [0, 0.1) is 6.92 Å². The van der Waals surface area contributed by atoms with Crippen molar-refractivity contribution in [2.45, 2.75) is 31.7 Å². The summed E-state index contributed by atoms with van der Waals surface area (Å²) in [6, 6.07) is 14.9. The summed E-state index contributed by atoms with van der Waals surface area (Å²) in [4.78, 5) is 33.0. The van der Waals surface area contributed by atoms with E-state index >= 15 is 0 Å². The number of aromatic amines is 1. The number of nitrogens with one attached hydrogen (secondary N) is 1. The maximum atomic E-state index is 13.6. The Hall–Kier alpha value is -3.83. The van der Waals surface area contributed by atoms with Gasteiger partial charge in [-0.3, -0.25) is 14.5 Å². The fraction of sp³-hybridized carbons (Fsp3) is 0.290. The Kier molecular flexibility index (Phi) is 9.27. The molecular formula is C31H28ClF6N3O2. The van der Waals surface area contributed by atoms with E-state index in [9.17, 15) is 35.9 Å². The second-order valence-corrected chi connectivity index (χ2v) is 10.5. The predicted octanol–water partition coefficient (Wildman–Crippen LogP) is 7.19. The van der Waals surface area contributed by atoms with Gasteiger partial charge in [-0.1, -0.05) is 48.0 Å². The molecule has 5 nitrogen and oxygen atoms in total. The van der Waals surface area contributed by atoms with Gasteiger partial charge in [0.15, 0.2) is 5.78 Å². The van der Waals surface area contributed by atoms with E-state index in [-0.39, 0.29) is 56.9 Å². The molecule has 1 amide bonds. The standard InChI is InChI=1S/C31H27F6N3O2.ClH/c1-19-6-8-20(9-7-19)28(41)18-39-10-11-40(25(17-39)14-22-16-38-27-5-3-2-4-26(22)27)29(42)21-12-23(30(32,33)34)15-24(13-21)31(35,36)37;/h2-9,12-13,15-16,25,38H,10-11,14,17-18H2,1H3;1H/t25-;/m1./s1. The number of rotatable bonds is 6. The molecular weight excluding hydrogens is 596 g/mol. The van der Waals surface area contributed by atoms with Crippen molar-refractivity contribution in [3.8, 4) is 0 Å². The van der Waals surface area contributed by atoms with Gasteiger partial charge in [0.1, 0.15) is 0 Å². The van der Waals surface area contributed by atoms with Crippen LogP contribution >= 0.6 is 12.4 Å². The van der Waals surface area contributed by atoms with Crippen molar-refractivity contribution in [3.05, 3.63) is 106 Å². The average molecular weight is 624 g/mol. The Morgan fingerprint density at radius 1 is 0.860 bits per heavy atom. The van der Waals surface area contributed by atoms with Gasteiger partial charge in [-0.15, -0.1) is 12.4 Å². The number of hydrogen-bond donors (Lipinski definition) is 1. The summed E-state index contributed by atoms with van der Waals surface area (Å²) in [6.07, 6.45) is -8.10. The molecule has 3 aromatic carbocycles. The molecule has 228 valence electrons. The van der Waals surface area contributed by atoms with Gasteiger partial charge in [0, 0.05) is 53.9 Å². The topological polar surface area (TPSA) is 56.4 Å². The van der Waals surface area contributed by atoms with Crippen LogP contribution in [0.2, 0.25) is 0 Å². The summed E-state index contributed by atoms with van der Waals surface area (Å²) in [5, 5.41) is 0.885. The molecule has 1 N–H and O–H groups in total. The molecule has 5 rings (SSSR count). The molecule has 4 aromatic rings. The van der Waals surface area contributed by atoms with Gasteiger partial charge in [0.05, 0.1) is 17.7 Å². The minimum absolute atomic E-state index is 0. The van der Waals surface area contributed by atoms with Gasteiger partial charge >= 0.3 is 12.4 Å². The zero-order chi connectivity index (χ0) is 30.2. The van der Waals surface area contributed by atoms with Crippen LogP contribution in [0.1, 0.15) is 43.0 Å². The third-order valence-electron chi connectivity index (χ3n) is 7.53. The van der Waals surface area contributed by atoms with E-state index in [1.165, 1.54) is 4.90 Å². The molecule has 1 fully saturated rings. The highest BCUT2D eigenvalue weighted by Gasteiger charge is 2.39. The Bertz CT molecular complexity index is 1580. The lowest BCUT2D eigenvalue weighted by Crippen LogP contribution is -2.56. The van der Waals surface area contributed by atoms with Gasteiger partial charge in [-0.25, -0.2) is 0 Å². The molecule has 1 saturated heterocycles. The number of carbonyl (C=O) groups is 2. The number of amides is 1. The molecule has 2 heterocycles. The van der Waals surface area contributed by atoms with Crippen molar-refractivity contribution >= 4 is 35.0 Å². The van der Waals surface area contributed by atoms with Gasteiger partial charge in [-0.05, 0) is 43.2 Å². The Balaban J connectivity index is 0.00000423. The van der Waals surface area contributed by atoms with E-state index in [0.717, 1.165) is 22.0 Å². The number of H-pyrrole nitrogens is 1. The number of aromatic nitrogens is 1. The second-order valence-electron chi connectivity index (χ2n) is 10.5. The number of benzene rings is 3. The number of carbonyl (C=O) groups excluding carboxylic acids is 2. The molecule has 1 aromatic heterocycles. The van der Waals surface area contributed by atoms with Crippen LogP contribution in [0.25, 0.3) is 10.9 Å². The Morgan fingerprint density at radius 3 is 2.12 bits per heavy atom. The Morgan fingerprint density at radius 2 is 1.49 bits per heavy atom. The average Bonchev–Trinajstić information content (AvgIpc) is 3.34. The highest BCUT2D eigenvalue weighted by atomic mass is 35.5. The number of fused-ring (bicyclic) bond motifs is 1. The molecule has 0 radical (unpaired) electrons. The van der Waals surface area contributed by atoms with Crippen molar-refractivity contribution in [3.63, 3.8) is 0 Å². The van der Waals surface area contributed by atoms with Gasteiger partial charge in [0.2, 0.25) is 0 Å². The summed E-state index contributed by atoms with van der Waals surface area (Å²) < 4.78 is 81.1. The first-order chi connectivity index (χ1) is 19.8. The fourth-order valence-corrected chi connectivity index (χ4v) is 5.34. The summed E-state index contributed by atoms with van der Waals surface area (Å²) in [7, 11) is 0. The molecule has 1 aliphatic heterocycles. The van der Waals surface area contributed by atoms with Crippen LogP contribution in [0.5, 0.6) is 0 Å². The molecule has 0 aliphatic carbocycles. The second kappa shape index (κ2) is 12.4. The smallest absolute Gasteiger partial charge is 0.361 e. The van der Waals surface area contributed by atoms with Gasteiger partial charge in [0.25, 0.3) is 5.91 Å². The van der Waals surface area contributed by atoms with Crippen LogP contribution in [0.15, 0.2) is 72.9 Å².